The Balaban J connectivity index is 1.65. The van der Waals surface area contributed by atoms with Crippen molar-refractivity contribution >= 4 is 17.5 Å². The molecule has 0 radical (unpaired) electrons. The van der Waals surface area contributed by atoms with Gasteiger partial charge < -0.3 is 9.32 Å². The molecule has 1 saturated heterocycles. The zero-order valence-electron chi connectivity index (χ0n) is 12.7. The second-order valence-corrected chi connectivity index (χ2v) is 6.04. The Morgan fingerprint density at radius 3 is 2.48 bits per heavy atom. The Bertz CT molecular complexity index is 785. The van der Waals surface area contributed by atoms with Gasteiger partial charge in [0.15, 0.2) is 0 Å². The third kappa shape index (κ3) is 3.76. The predicted octanol–water partition coefficient (Wildman–Crippen LogP) is 3.90. The third-order valence-electron chi connectivity index (χ3n) is 3.98. The number of hydrogen-bond donors (Lipinski definition) is 0. The average molecular weight is 378 g/mol. The summed E-state index contributed by atoms with van der Waals surface area (Å²) in [5, 5.41) is 6.48. The maximum Gasteiger partial charge on any atom is 0.470 e. The predicted molar refractivity (Wildman–Crippen MR) is 78.6 cm³/mol. The first-order chi connectivity index (χ1) is 11.8. The van der Waals surface area contributed by atoms with Crippen LogP contribution in [0.25, 0.3) is 0 Å². The molecule has 0 unspecified atom stereocenters. The van der Waals surface area contributed by atoms with Crippen molar-refractivity contribution in [1.82, 2.24) is 15.1 Å². The number of benzene rings is 1. The van der Waals surface area contributed by atoms with Crippen molar-refractivity contribution in [2.75, 3.05) is 13.1 Å². The maximum atomic E-state index is 13.1. The van der Waals surface area contributed by atoms with E-state index in [2.05, 4.69) is 14.6 Å². The zero-order valence-corrected chi connectivity index (χ0v) is 13.4. The maximum absolute atomic E-state index is 13.1. The standard InChI is InChI=1S/C15H12ClF4N3O2/c16-11-7-9(17)1-2-10(11)13(24)23-5-3-8(4-6-23)12-21-22-14(25-12)15(18,19)20/h1-2,7-8H,3-6H2. The van der Waals surface area contributed by atoms with Crippen LogP contribution in [-0.4, -0.2) is 34.1 Å². The highest BCUT2D eigenvalue weighted by Gasteiger charge is 2.39. The van der Waals surface area contributed by atoms with Gasteiger partial charge in [-0.25, -0.2) is 4.39 Å². The van der Waals surface area contributed by atoms with Crippen LogP contribution >= 0.6 is 11.6 Å². The lowest BCUT2D eigenvalue weighted by atomic mass is 9.96. The van der Waals surface area contributed by atoms with Crippen LogP contribution in [0.5, 0.6) is 0 Å². The molecule has 2 aromatic rings. The highest BCUT2D eigenvalue weighted by atomic mass is 35.5. The number of aromatic nitrogens is 2. The molecule has 0 bridgehead atoms. The molecular weight excluding hydrogens is 366 g/mol. The molecule has 25 heavy (non-hydrogen) atoms. The third-order valence-corrected chi connectivity index (χ3v) is 4.29. The number of hydrogen-bond acceptors (Lipinski definition) is 4. The van der Waals surface area contributed by atoms with E-state index < -0.39 is 17.9 Å². The van der Waals surface area contributed by atoms with Gasteiger partial charge in [0, 0.05) is 19.0 Å². The molecule has 2 heterocycles. The summed E-state index contributed by atoms with van der Waals surface area (Å²) in [6.07, 6.45) is -3.92. The minimum Gasteiger partial charge on any atom is -0.417 e. The normalized spacial score (nSPS) is 16.3. The van der Waals surface area contributed by atoms with Crippen LogP contribution in [0.15, 0.2) is 22.6 Å². The highest BCUT2D eigenvalue weighted by molar-refractivity contribution is 6.33. The molecule has 10 heteroatoms. The van der Waals surface area contributed by atoms with Crippen LogP contribution in [0.4, 0.5) is 17.6 Å². The van der Waals surface area contributed by atoms with Crippen molar-refractivity contribution in [3.05, 3.63) is 46.4 Å². The summed E-state index contributed by atoms with van der Waals surface area (Å²) in [6.45, 7) is 0.585. The molecule has 0 aliphatic carbocycles. The number of carbonyl (C=O) groups excluding carboxylic acids is 1. The number of halogens is 5. The summed E-state index contributed by atoms with van der Waals surface area (Å²) in [5.41, 5.74) is 0.179. The van der Waals surface area contributed by atoms with Crippen LogP contribution < -0.4 is 0 Å². The van der Waals surface area contributed by atoms with Crippen molar-refractivity contribution in [3.8, 4) is 0 Å². The van der Waals surface area contributed by atoms with E-state index in [-0.39, 0.29) is 28.3 Å². The van der Waals surface area contributed by atoms with Crippen LogP contribution in [0.3, 0.4) is 0 Å². The van der Waals surface area contributed by atoms with Crippen molar-refractivity contribution in [1.29, 1.82) is 0 Å². The van der Waals surface area contributed by atoms with E-state index in [4.69, 9.17) is 11.6 Å². The topological polar surface area (TPSA) is 59.2 Å². The number of rotatable bonds is 2. The van der Waals surface area contributed by atoms with Crippen molar-refractivity contribution in [2.24, 2.45) is 0 Å². The second kappa shape index (κ2) is 6.62. The van der Waals surface area contributed by atoms with Gasteiger partial charge in [-0.1, -0.05) is 11.6 Å². The van der Waals surface area contributed by atoms with Gasteiger partial charge in [-0.15, -0.1) is 10.2 Å². The molecule has 0 atom stereocenters. The van der Waals surface area contributed by atoms with Gasteiger partial charge in [0.25, 0.3) is 5.91 Å². The SMILES string of the molecule is O=C(c1ccc(F)cc1Cl)N1CCC(c2nnc(C(F)(F)F)o2)CC1. The molecule has 3 rings (SSSR count). The molecule has 0 N–H and O–H groups in total. The number of amides is 1. The molecule has 1 aliphatic rings. The largest absolute Gasteiger partial charge is 0.470 e. The van der Waals surface area contributed by atoms with Gasteiger partial charge in [-0.2, -0.15) is 13.2 Å². The summed E-state index contributed by atoms with van der Waals surface area (Å²) < 4.78 is 55.3. The Morgan fingerprint density at radius 1 is 1.24 bits per heavy atom. The van der Waals surface area contributed by atoms with Gasteiger partial charge in [-0.05, 0) is 31.0 Å². The van der Waals surface area contributed by atoms with Crippen molar-refractivity contribution in [3.63, 3.8) is 0 Å². The summed E-state index contributed by atoms with van der Waals surface area (Å²) >= 11 is 5.89. The second-order valence-electron chi connectivity index (χ2n) is 5.63. The molecule has 0 saturated carbocycles. The van der Waals surface area contributed by atoms with E-state index in [1.807, 2.05) is 0 Å². The Morgan fingerprint density at radius 2 is 1.92 bits per heavy atom. The summed E-state index contributed by atoms with van der Waals surface area (Å²) in [6, 6.07) is 3.50. The van der Waals surface area contributed by atoms with Crippen LogP contribution in [0.2, 0.25) is 5.02 Å². The van der Waals surface area contributed by atoms with Gasteiger partial charge in [0.2, 0.25) is 5.89 Å². The lowest BCUT2D eigenvalue weighted by molar-refractivity contribution is -0.157. The average Bonchev–Trinajstić information content (AvgIpc) is 3.05. The van der Waals surface area contributed by atoms with Gasteiger partial charge >= 0.3 is 12.1 Å². The smallest absolute Gasteiger partial charge is 0.417 e. The van der Waals surface area contributed by atoms with Crippen LogP contribution in [0, 0.1) is 5.82 Å². The first kappa shape index (κ1) is 17.7. The fraction of sp³-hybridized carbons (Fsp3) is 0.400. The number of alkyl halides is 3. The molecule has 1 aromatic carbocycles. The molecule has 1 aliphatic heterocycles. The monoisotopic (exact) mass is 377 g/mol. The molecule has 1 fully saturated rings. The highest BCUT2D eigenvalue weighted by Crippen LogP contribution is 2.33. The number of likely N-dealkylation sites (tertiary alicyclic amines) is 1. The quantitative estimate of drug-likeness (QED) is 0.745. The molecule has 134 valence electrons. The summed E-state index contributed by atoms with van der Waals surface area (Å²) in [4.78, 5) is 13.9. The Labute approximate surface area is 144 Å². The van der Waals surface area contributed by atoms with Gasteiger partial charge in [0.05, 0.1) is 10.6 Å². The van der Waals surface area contributed by atoms with E-state index in [1.165, 1.54) is 11.0 Å². The van der Waals surface area contributed by atoms with Crippen molar-refractivity contribution < 1.29 is 26.8 Å². The molecule has 5 nitrogen and oxygen atoms in total. The minimum absolute atomic E-state index is 0.0128. The summed E-state index contributed by atoms with van der Waals surface area (Å²) in [5.74, 6) is -2.71. The van der Waals surface area contributed by atoms with Crippen LogP contribution in [-0.2, 0) is 6.18 Å². The first-order valence-corrected chi connectivity index (χ1v) is 7.78. The Kier molecular flexibility index (Phi) is 4.68. The number of nitrogens with zero attached hydrogens (tertiary/aromatic N) is 3. The van der Waals surface area contributed by atoms with E-state index in [9.17, 15) is 22.4 Å². The van der Waals surface area contributed by atoms with E-state index in [1.54, 1.807) is 0 Å². The summed E-state index contributed by atoms with van der Waals surface area (Å²) in [7, 11) is 0. The number of carbonyl (C=O) groups is 1. The van der Waals surface area contributed by atoms with Gasteiger partial charge in [0.1, 0.15) is 5.82 Å². The lowest BCUT2D eigenvalue weighted by Crippen LogP contribution is -2.38. The zero-order chi connectivity index (χ0) is 18.2. The first-order valence-electron chi connectivity index (χ1n) is 7.40. The lowest BCUT2D eigenvalue weighted by Gasteiger charge is -2.30. The van der Waals surface area contributed by atoms with E-state index >= 15 is 0 Å². The minimum atomic E-state index is -4.68. The molecule has 0 spiro atoms. The van der Waals surface area contributed by atoms with E-state index in [0.29, 0.717) is 25.9 Å². The molecule has 1 amide bonds. The Hall–Kier alpha value is -2.16. The van der Waals surface area contributed by atoms with E-state index in [0.717, 1.165) is 12.1 Å². The van der Waals surface area contributed by atoms with Crippen molar-refractivity contribution in [2.45, 2.75) is 24.9 Å². The number of piperidine rings is 1. The molecular formula is C15H12ClF4N3O2. The fourth-order valence-electron chi connectivity index (χ4n) is 2.68. The van der Waals surface area contributed by atoms with Crippen LogP contribution in [0.1, 0.15) is 40.9 Å². The molecule has 1 aromatic heterocycles. The van der Waals surface area contributed by atoms with Gasteiger partial charge in [-0.3, -0.25) is 4.79 Å². The fourth-order valence-corrected chi connectivity index (χ4v) is 2.92.